The lowest BCUT2D eigenvalue weighted by atomic mass is 9.72. The number of rotatable bonds is 2. The standard InChI is InChI=1S/C29H38N2O6/c1-7-8-21-27(34)18(3)36-14-13-17(2)9-11-22(20-10-12-24-23(15-20)30-19(4)37-24)31-26(33)16-25(32)29(5,6)28(21)35/h1,9-10,12,15,18,21-22,25,27,32,34H,8,11,13-14,16H2,2-6H3,(H,31,33)/b17-9-/t18-,21-,22+,25+,27-/m1/s1. The Bertz CT molecular complexity index is 1190. The van der Waals surface area contributed by atoms with Crippen molar-refractivity contribution in [3.05, 3.63) is 41.3 Å². The molecule has 37 heavy (non-hydrogen) atoms. The first-order valence-electron chi connectivity index (χ1n) is 12.7. The minimum Gasteiger partial charge on any atom is -0.441 e. The summed E-state index contributed by atoms with van der Waals surface area (Å²) in [5.74, 6) is 1.30. The number of ketones is 1. The summed E-state index contributed by atoms with van der Waals surface area (Å²) in [4.78, 5) is 31.0. The highest BCUT2D eigenvalue weighted by molar-refractivity contribution is 5.89. The van der Waals surface area contributed by atoms with E-state index >= 15 is 0 Å². The quantitative estimate of drug-likeness (QED) is 0.415. The van der Waals surface area contributed by atoms with Crippen molar-refractivity contribution in [2.24, 2.45) is 11.3 Å². The van der Waals surface area contributed by atoms with Gasteiger partial charge in [-0.2, -0.15) is 0 Å². The molecule has 8 heteroatoms. The number of hydrogen-bond donors (Lipinski definition) is 3. The highest BCUT2D eigenvalue weighted by Gasteiger charge is 2.43. The van der Waals surface area contributed by atoms with Gasteiger partial charge in [-0.3, -0.25) is 9.59 Å². The van der Waals surface area contributed by atoms with Crippen LogP contribution in [0.5, 0.6) is 0 Å². The number of carbonyl (C=O) groups excluding carboxylic acids is 2. The van der Waals surface area contributed by atoms with Crippen molar-refractivity contribution in [1.29, 1.82) is 0 Å². The van der Waals surface area contributed by atoms with E-state index in [1.54, 1.807) is 27.7 Å². The lowest BCUT2D eigenvalue weighted by molar-refractivity contribution is -0.146. The maximum atomic E-state index is 13.5. The summed E-state index contributed by atoms with van der Waals surface area (Å²) in [7, 11) is 0. The molecule has 0 spiro atoms. The first-order chi connectivity index (χ1) is 17.4. The van der Waals surface area contributed by atoms with Gasteiger partial charge >= 0.3 is 0 Å². The number of fused-ring (bicyclic) bond motifs is 1. The molecule has 3 rings (SSSR count). The van der Waals surface area contributed by atoms with Crippen LogP contribution in [0, 0.1) is 30.6 Å². The van der Waals surface area contributed by atoms with Gasteiger partial charge in [0.05, 0.1) is 48.7 Å². The Hall–Kier alpha value is -2.99. The fourth-order valence-electron chi connectivity index (χ4n) is 4.63. The number of aliphatic hydroxyl groups excluding tert-OH is 2. The lowest BCUT2D eigenvalue weighted by Crippen LogP contribution is -2.48. The predicted molar refractivity (Wildman–Crippen MR) is 140 cm³/mol. The van der Waals surface area contributed by atoms with Crippen LogP contribution >= 0.6 is 0 Å². The Morgan fingerprint density at radius 1 is 1.24 bits per heavy atom. The first kappa shape index (κ1) is 28.6. The maximum absolute atomic E-state index is 13.5. The zero-order valence-corrected chi connectivity index (χ0v) is 22.3. The zero-order valence-electron chi connectivity index (χ0n) is 22.3. The van der Waals surface area contributed by atoms with Gasteiger partial charge in [0.15, 0.2) is 11.5 Å². The van der Waals surface area contributed by atoms with Crippen LogP contribution in [0.2, 0.25) is 0 Å². The number of nitrogens with one attached hydrogen (secondary N) is 1. The molecule has 1 aliphatic heterocycles. The van der Waals surface area contributed by atoms with Crippen molar-refractivity contribution in [2.45, 2.75) is 84.7 Å². The molecule has 5 atom stereocenters. The molecule has 8 nitrogen and oxygen atoms in total. The summed E-state index contributed by atoms with van der Waals surface area (Å²) in [5.41, 5.74) is 1.96. The molecule has 0 saturated carbocycles. The van der Waals surface area contributed by atoms with Gasteiger partial charge in [0.25, 0.3) is 0 Å². The van der Waals surface area contributed by atoms with E-state index < -0.39 is 41.3 Å². The van der Waals surface area contributed by atoms with Crippen molar-refractivity contribution < 1.29 is 29.0 Å². The summed E-state index contributed by atoms with van der Waals surface area (Å²) in [5, 5.41) is 24.9. The average molecular weight is 511 g/mol. The number of benzene rings is 1. The number of aryl methyl sites for hydroxylation is 1. The highest BCUT2D eigenvalue weighted by Crippen LogP contribution is 2.32. The van der Waals surface area contributed by atoms with E-state index in [0.717, 1.165) is 11.1 Å². The largest absolute Gasteiger partial charge is 0.441 e. The fourth-order valence-corrected chi connectivity index (χ4v) is 4.63. The summed E-state index contributed by atoms with van der Waals surface area (Å²) < 4.78 is 11.4. The van der Waals surface area contributed by atoms with Gasteiger partial charge in [-0.05, 0) is 44.4 Å². The number of hydrogen-bond acceptors (Lipinski definition) is 7. The molecule has 0 fully saturated rings. The van der Waals surface area contributed by atoms with Gasteiger partial charge in [0, 0.05) is 13.3 Å². The summed E-state index contributed by atoms with van der Waals surface area (Å²) >= 11 is 0. The van der Waals surface area contributed by atoms with E-state index in [1.165, 1.54) is 0 Å². The van der Waals surface area contributed by atoms with Crippen LogP contribution < -0.4 is 5.32 Å². The van der Waals surface area contributed by atoms with Crippen LogP contribution in [-0.4, -0.2) is 51.8 Å². The molecule has 2 aromatic rings. The number of terminal acetylenes is 1. The van der Waals surface area contributed by atoms with E-state index in [1.807, 2.05) is 31.2 Å². The van der Waals surface area contributed by atoms with Crippen molar-refractivity contribution >= 4 is 22.8 Å². The molecule has 2 heterocycles. The molecule has 0 aliphatic carbocycles. The van der Waals surface area contributed by atoms with Crippen LogP contribution in [0.1, 0.15) is 70.9 Å². The molecule has 1 aliphatic rings. The highest BCUT2D eigenvalue weighted by atomic mass is 16.5. The smallest absolute Gasteiger partial charge is 0.223 e. The molecular weight excluding hydrogens is 472 g/mol. The zero-order chi connectivity index (χ0) is 27.3. The number of aliphatic hydroxyl groups is 2. The molecule has 1 aromatic carbocycles. The van der Waals surface area contributed by atoms with Crippen LogP contribution in [0.4, 0.5) is 0 Å². The maximum Gasteiger partial charge on any atom is 0.223 e. The molecular formula is C29H38N2O6. The Morgan fingerprint density at radius 3 is 2.68 bits per heavy atom. The molecule has 1 aromatic heterocycles. The van der Waals surface area contributed by atoms with E-state index in [0.29, 0.717) is 36.4 Å². The molecule has 0 unspecified atom stereocenters. The van der Waals surface area contributed by atoms with Gasteiger partial charge in [-0.1, -0.05) is 31.6 Å². The van der Waals surface area contributed by atoms with Crippen molar-refractivity contribution in [3.63, 3.8) is 0 Å². The van der Waals surface area contributed by atoms with E-state index in [2.05, 4.69) is 16.2 Å². The lowest BCUT2D eigenvalue weighted by Gasteiger charge is -2.35. The molecule has 0 radical (unpaired) electrons. The van der Waals surface area contributed by atoms with Crippen molar-refractivity contribution in [3.8, 4) is 12.3 Å². The third-order valence-corrected chi connectivity index (χ3v) is 7.25. The van der Waals surface area contributed by atoms with Crippen molar-refractivity contribution in [2.75, 3.05) is 6.61 Å². The second kappa shape index (κ2) is 12.0. The van der Waals surface area contributed by atoms with E-state index in [9.17, 15) is 19.8 Å². The minimum absolute atomic E-state index is 0.00104. The Balaban J connectivity index is 1.93. The van der Waals surface area contributed by atoms with Gasteiger partial charge in [0.1, 0.15) is 11.3 Å². The van der Waals surface area contributed by atoms with E-state index in [4.69, 9.17) is 15.6 Å². The number of ether oxygens (including phenoxy) is 1. The van der Waals surface area contributed by atoms with Crippen LogP contribution in [-0.2, 0) is 14.3 Å². The predicted octanol–water partition coefficient (Wildman–Crippen LogP) is 3.79. The molecule has 200 valence electrons. The Morgan fingerprint density at radius 2 is 1.97 bits per heavy atom. The Labute approximate surface area is 218 Å². The summed E-state index contributed by atoms with van der Waals surface area (Å²) in [6.45, 7) is 8.96. The summed E-state index contributed by atoms with van der Waals surface area (Å²) in [6.07, 6.45) is 5.35. The second-order valence-electron chi connectivity index (χ2n) is 10.5. The Kier molecular flexibility index (Phi) is 9.30. The second-order valence-corrected chi connectivity index (χ2v) is 10.5. The fraction of sp³-hybridized carbons (Fsp3) is 0.552. The molecule has 3 N–H and O–H groups in total. The number of amides is 1. The van der Waals surface area contributed by atoms with Crippen molar-refractivity contribution in [1.82, 2.24) is 10.3 Å². The minimum atomic E-state index is -1.32. The SMILES string of the molecule is C#CC[C@H]1C(=O)C(C)(C)[C@@H](O)CC(=O)N[C@H](c2ccc3oc(C)nc3c2)C/C=C(/C)CCO[C@H](C)[C@H]1O. The van der Waals surface area contributed by atoms with Gasteiger partial charge in [-0.25, -0.2) is 4.98 Å². The summed E-state index contributed by atoms with van der Waals surface area (Å²) in [6, 6.07) is 5.23. The third kappa shape index (κ3) is 6.86. The van der Waals surface area contributed by atoms with Gasteiger partial charge in [0.2, 0.25) is 5.91 Å². The number of Topliss-reactive ketones (excluding diaryl/α,β-unsaturated/α-hetero) is 1. The average Bonchev–Trinajstić information content (AvgIpc) is 3.22. The number of aromatic nitrogens is 1. The number of nitrogens with zero attached hydrogens (tertiary/aromatic N) is 1. The molecule has 1 amide bonds. The first-order valence-corrected chi connectivity index (χ1v) is 12.7. The normalized spacial score (nSPS) is 29.8. The molecule has 0 bridgehead atoms. The number of oxazole rings is 1. The van der Waals surface area contributed by atoms with Gasteiger partial charge < -0.3 is 24.7 Å². The topological polar surface area (TPSA) is 122 Å². The molecule has 0 saturated heterocycles. The van der Waals surface area contributed by atoms with Crippen LogP contribution in [0.25, 0.3) is 11.1 Å². The van der Waals surface area contributed by atoms with E-state index in [-0.39, 0.29) is 18.9 Å². The number of carbonyl (C=O) groups is 2. The van der Waals surface area contributed by atoms with Crippen LogP contribution in [0.3, 0.4) is 0 Å². The third-order valence-electron chi connectivity index (χ3n) is 7.25. The monoisotopic (exact) mass is 510 g/mol. The van der Waals surface area contributed by atoms with Crippen LogP contribution in [0.15, 0.2) is 34.3 Å². The van der Waals surface area contributed by atoms with Gasteiger partial charge in [-0.15, -0.1) is 12.3 Å².